The molecule has 2 heterocycles. The Hall–Kier alpha value is -1.64. The molecule has 0 bridgehead atoms. The van der Waals surface area contributed by atoms with Crippen LogP contribution in [0.4, 0.5) is 5.82 Å². The maximum atomic E-state index is 10.2. The molecule has 11 nitrogen and oxygen atoms in total. The molecule has 1 atom stereocenters. The van der Waals surface area contributed by atoms with E-state index in [1.54, 1.807) is 28.4 Å². The number of pyridine rings is 1. The smallest absolute Gasteiger partial charge is 0.389 e. The van der Waals surface area contributed by atoms with Crippen molar-refractivity contribution in [1.82, 2.24) is 19.9 Å². The summed E-state index contributed by atoms with van der Waals surface area (Å²) in [6, 6.07) is 0.666. The molecule has 0 aromatic carbocycles. The van der Waals surface area contributed by atoms with E-state index in [2.05, 4.69) is 19.9 Å². The van der Waals surface area contributed by atoms with Gasteiger partial charge in [0.2, 0.25) is 0 Å². The Labute approximate surface area is 203 Å². The lowest BCUT2D eigenvalue weighted by Gasteiger charge is -2.24. The molecule has 0 aliphatic heterocycles. The Bertz CT molecular complexity index is 884. The molecule has 34 heavy (non-hydrogen) atoms. The van der Waals surface area contributed by atoms with Crippen molar-refractivity contribution in [3.05, 3.63) is 17.1 Å². The highest BCUT2D eigenvalue weighted by atomic mass is 28.4. The minimum absolute atomic E-state index is 0.267. The van der Waals surface area contributed by atoms with Crippen molar-refractivity contribution in [2.24, 2.45) is 0 Å². The fourth-order valence-corrected chi connectivity index (χ4v) is 5.57. The van der Waals surface area contributed by atoms with Gasteiger partial charge in [0.05, 0.1) is 18.2 Å². The normalized spacial score (nSPS) is 13.1. The zero-order valence-electron chi connectivity index (χ0n) is 21.3. The monoisotopic (exact) mass is 499 g/mol. The van der Waals surface area contributed by atoms with Gasteiger partial charge in [-0.15, -0.1) is 0 Å². The second-order valence-corrected chi connectivity index (χ2v) is 11.3. The molecule has 0 aliphatic carbocycles. The lowest BCUT2D eigenvalue weighted by molar-refractivity contribution is 0.0352. The summed E-state index contributed by atoms with van der Waals surface area (Å²) >= 11 is 0. The van der Waals surface area contributed by atoms with Gasteiger partial charge in [0, 0.05) is 59.9 Å². The lowest BCUT2D eigenvalue weighted by Crippen LogP contribution is -2.42. The topological polar surface area (TPSA) is 135 Å². The standard InChI is InChI=1S/C22H41N5O6Si/c1-16-17(2)25-22(23)20-21(16)27(19(26-20)15-29-3)10-7-9-24-13-18(28)14-33-11-8-12-34(30-4,31-5)32-6/h18,24,28H,7-15H2,1-6H3,(H2,23,25). The number of anilines is 1. The molecular formula is C22H41N5O6Si. The summed E-state index contributed by atoms with van der Waals surface area (Å²) in [6.07, 6.45) is 1.01. The number of fused-ring (bicyclic) bond motifs is 1. The van der Waals surface area contributed by atoms with Crippen molar-refractivity contribution in [3.8, 4) is 0 Å². The van der Waals surface area contributed by atoms with Gasteiger partial charge in [-0.25, -0.2) is 9.97 Å². The van der Waals surface area contributed by atoms with Gasteiger partial charge in [0.15, 0.2) is 5.82 Å². The van der Waals surface area contributed by atoms with Crippen molar-refractivity contribution in [2.45, 2.75) is 52.0 Å². The van der Waals surface area contributed by atoms with Crippen molar-refractivity contribution in [3.63, 3.8) is 0 Å². The molecule has 0 fully saturated rings. The van der Waals surface area contributed by atoms with Crippen LogP contribution in [0.5, 0.6) is 0 Å². The highest BCUT2D eigenvalue weighted by molar-refractivity contribution is 6.60. The van der Waals surface area contributed by atoms with E-state index in [0.29, 0.717) is 31.6 Å². The number of aliphatic hydroxyl groups excluding tert-OH is 1. The predicted octanol–water partition coefficient (Wildman–Crippen LogP) is 1.40. The molecule has 1 unspecified atom stereocenters. The molecule has 2 aromatic rings. The average Bonchev–Trinajstić information content (AvgIpc) is 3.19. The number of nitrogen functional groups attached to an aromatic ring is 1. The van der Waals surface area contributed by atoms with E-state index < -0.39 is 14.9 Å². The highest BCUT2D eigenvalue weighted by Crippen LogP contribution is 2.26. The van der Waals surface area contributed by atoms with Gasteiger partial charge in [-0.3, -0.25) is 0 Å². The number of hydrogen-bond donors (Lipinski definition) is 3. The quantitative estimate of drug-likeness (QED) is 0.216. The number of aliphatic hydroxyl groups is 1. The van der Waals surface area contributed by atoms with Crippen LogP contribution < -0.4 is 11.1 Å². The van der Waals surface area contributed by atoms with Gasteiger partial charge >= 0.3 is 8.80 Å². The van der Waals surface area contributed by atoms with Crippen LogP contribution >= 0.6 is 0 Å². The van der Waals surface area contributed by atoms with E-state index in [1.807, 2.05) is 13.8 Å². The number of imidazole rings is 1. The fourth-order valence-electron chi connectivity index (χ4n) is 3.88. The number of aryl methyl sites for hydroxylation is 3. The predicted molar refractivity (Wildman–Crippen MR) is 133 cm³/mol. The maximum Gasteiger partial charge on any atom is 0.500 e. The van der Waals surface area contributed by atoms with Gasteiger partial charge < -0.3 is 43.5 Å². The molecule has 0 saturated heterocycles. The second-order valence-electron chi connectivity index (χ2n) is 8.20. The number of nitrogens with zero attached hydrogens (tertiary/aromatic N) is 3. The van der Waals surface area contributed by atoms with Gasteiger partial charge in [0.1, 0.15) is 17.9 Å². The summed E-state index contributed by atoms with van der Waals surface area (Å²) in [6.45, 7) is 7.12. The van der Waals surface area contributed by atoms with Crippen molar-refractivity contribution in [2.75, 3.05) is 60.5 Å². The molecule has 0 aliphatic rings. The van der Waals surface area contributed by atoms with Crippen LogP contribution in [-0.4, -0.2) is 89.3 Å². The number of rotatable bonds is 17. The summed E-state index contributed by atoms with van der Waals surface area (Å²) in [5, 5.41) is 13.5. The van der Waals surface area contributed by atoms with Gasteiger partial charge in [-0.05, 0) is 38.8 Å². The molecule has 4 N–H and O–H groups in total. The second kappa shape index (κ2) is 14.0. The third-order valence-electron chi connectivity index (χ3n) is 5.88. The van der Waals surface area contributed by atoms with E-state index in [1.165, 1.54) is 0 Å². The molecule has 0 saturated carbocycles. The molecular weight excluding hydrogens is 458 g/mol. The van der Waals surface area contributed by atoms with Crippen molar-refractivity contribution in [1.29, 1.82) is 0 Å². The Morgan fingerprint density at radius 3 is 2.44 bits per heavy atom. The van der Waals surface area contributed by atoms with Crippen LogP contribution in [-0.2, 0) is 35.9 Å². The van der Waals surface area contributed by atoms with Crippen LogP contribution in [0.3, 0.4) is 0 Å². The first-order valence-electron chi connectivity index (χ1n) is 11.5. The molecule has 12 heteroatoms. The summed E-state index contributed by atoms with van der Waals surface area (Å²) in [4.78, 5) is 9.06. The summed E-state index contributed by atoms with van der Waals surface area (Å²) < 4.78 is 29.2. The molecule has 0 amide bonds. The summed E-state index contributed by atoms with van der Waals surface area (Å²) in [5.41, 5.74) is 9.82. The Morgan fingerprint density at radius 2 is 1.79 bits per heavy atom. The number of aromatic nitrogens is 3. The Balaban J connectivity index is 1.75. The first-order chi connectivity index (χ1) is 16.3. The van der Waals surface area contributed by atoms with Crippen LogP contribution in [0, 0.1) is 13.8 Å². The zero-order chi connectivity index (χ0) is 25.1. The largest absolute Gasteiger partial charge is 0.500 e. The number of methoxy groups -OCH3 is 1. The van der Waals surface area contributed by atoms with Crippen molar-refractivity contribution < 1.29 is 27.9 Å². The Kier molecular flexibility index (Phi) is 11.8. The van der Waals surface area contributed by atoms with Gasteiger partial charge in [-0.1, -0.05) is 0 Å². The number of ether oxygens (including phenoxy) is 2. The molecule has 0 spiro atoms. The van der Waals surface area contributed by atoms with Crippen LogP contribution in [0.15, 0.2) is 0 Å². The van der Waals surface area contributed by atoms with E-state index in [-0.39, 0.29) is 6.61 Å². The third kappa shape index (κ3) is 7.43. The van der Waals surface area contributed by atoms with Crippen molar-refractivity contribution >= 4 is 25.7 Å². The van der Waals surface area contributed by atoms with E-state index >= 15 is 0 Å². The van der Waals surface area contributed by atoms with Gasteiger partial charge in [-0.2, -0.15) is 0 Å². The van der Waals surface area contributed by atoms with E-state index in [4.69, 9.17) is 28.5 Å². The SMILES string of the molecule is COCc1nc2c(N)nc(C)c(C)c2n1CCCNCC(O)COCCC[Si](OC)(OC)OC. The first-order valence-corrected chi connectivity index (χ1v) is 13.5. The molecule has 2 rings (SSSR count). The maximum absolute atomic E-state index is 10.2. The number of nitrogens with one attached hydrogen (secondary N) is 1. The van der Waals surface area contributed by atoms with Crippen LogP contribution in [0.1, 0.15) is 29.9 Å². The first kappa shape index (κ1) is 28.6. The Morgan fingerprint density at radius 1 is 1.09 bits per heavy atom. The highest BCUT2D eigenvalue weighted by Gasteiger charge is 2.36. The van der Waals surface area contributed by atoms with Crippen LogP contribution in [0.2, 0.25) is 6.04 Å². The number of hydrogen-bond acceptors (Lipinski definition) is 10. The fraction of sp³-hybridized carbons (Fsp3) is 0.727. The van der Waals surface area contributed by atoms with Crippen LogP contribution in [0.25, 0.3) is 11.0 Å². The molecule has 194 valence electrons. The van der Waals surface area contributed by atoms with E-state index in [9.17, 15) is 5.11 Å². The minimum Gasteiger partial charge on any atom is -0.389 e. The average molecular weight is 500 g/mol. The third-order valence-corrected chi connectivity index (χ3v) is 8.71. The zero-order valence-corrected chi connectivity index (χ0v) is 22.3. The number of nitrogens with two attached hydrogens (primary N) is 1. The van der Waals surface area contributed by atoms with Gasteiger partial charge in [0.25, 0.3) is 0 Å². The molecule has 2 aromatic heterocycles. The minimum atomic E-state index is -2.56. The molecule has 0 radical (unpaired) electrons. The van der Waals surface area contributed by atoms with E-state index in [0.717, 1.165) is 54.0 Å². The lowest BCUT2D eigenvalue weighted by atomic mass is 10.2. The summed E-state index contributed by atoms with van der Waals surface area (Å²) in [5.74, 6) is 1.27. The summed E-state index contributed by atoms with van der Waals surface area (Å²) in [7, 11) is 3.87.